The van der Waals surface area contributed by atoms with Gasteiger partial charge < -0.3 is 9.69 Å². The minimum atomic E-state index is -0.173. The van der Waals surface area contributed by atoms with Crippen LogP contribution in [0.4, 0.5) is 5.82 Å². The molecule has 3 aromatic rings. The number of aldehydes is 1. The fraction of sp³-hybridized carbons (Fsp3) is 0.381. The van der Waals surface area contributed by atoms with Crippen molar-refractivity contribution in [1.29, 1.82) is 0 Å². The van der Waals surface area contributed by atoms with Crippen molar-refractivity contribution in [2.45, 2.75) is 26.3 Å². The Morgan fingerprint density at radius 2 is 1.89 bits per heavy atom. The third kappa shape index (κ3) is 3.59. The number of fused-ring (bicyclic) bond motifs is 1. The first-order chi connectivity index (χ1) is 13.2. The smallest absolute Gasteiger partial charge is 0.141 e. The third-order valence-corrected chi connectivity index (χ3v) is 6.33. The molecule has 2 aromatic heterocycles. The number of aryl methyl sites for hydroxylation is 2. The summed E-state index contributed by atoms with van der Waals surface area (Å²) >= 11 is 1.76. The van der Waals surface area contributed by atoms with E-state index in [9.17, 15) is 4.79 Å². The Labute approximate surface area is 163 Å². The number of carbonyl (C=O) groups is 1. The Hall–Kier alpha value is -2.31. The molecule has 0 N–H and O–H groups in total. The molecule has 4 rings (SSSR count). The number of nitrogens with zero attached hydrogens (tertiary/aromatic N) is 4. The number of anilines is 1. The number of carbonyl (C=O) groups excluding carboxylic acids is 1. The van der Waals surface area contributed by atoms with Gasteiger partial charge in [0.25, 0.3) is 0 Å². The standard InChI is InChI=1S/C21H24N4OS/c1-3-17-13-18-20(22-15(2)23-21(18)27-17)25-11-9-24(10-12-25)19(14-26)16-7-5-4-6-8-16/h4-8,13-14,19H,3,9-12H2,1-2H3. The van der Waals surface area contributed by atoms with Crippen LogP contribution in [0.5, 0.6) is 0 Å². The predicted molar refractivity (Wildman–Crippen MR) is 111 cm³/mol. The first kappa shape index (κ1) is 18.1. The van der Waals surface area contributed by atoms with Crippen LogP contribution in [0.1, 0.15) is 29.2 Å². The SMILES string of the molecule is CCc1cc2c(N3CCN(C(C=O)c4ccccc4)CC3)nc(C)nc2s1. The molecule has 0 amide bonds. The largest absolute Gasteiger partial charge is 0.353 e. The van der Waals surface area contributed by atoms with Gasteiger partial charge >= 0.3 is 0 Å². The summed E-state index contributed by atoms with van der Waals surface area (Å²) in [6, 6.07) is 12.1. The van der Waals surface area contributed by atoms with Gasteiger partial charge in [-0.1, -0.05) is 37.3 Å². The number of hydrogen-bond donors (Lipinski definition) is 0. The number of hydrogen-bond acceptors (Lipinski definition) is 6. The zero-order chi connectivity index (χ0) is 18.8. The molecule has 1 atom stereocenters. The molecule has 1 aliphatic rings. The monoisotopic (exact) mass is 380 g/mol. The van der Waals surface area contributed by atoms with Crippen molar-refractivity contribution in [3.63, 3.8) is 0 Å². The second kappa shape index (κ2) is 7.74. The normalized spacial score (nSPS) is 16.6. The second-order valence-corrected chi connectivity index (χ2v) is 8.01. The van der Waals surface area contributed by atoms with Crippen molar-refractivity contribution in [3.05, 3.63) is 52.7 Å². The van der Waals surface area contributed by atoms with Gasteiger partial charge in [0.1, 0.15) is 22.8 Å². The summed E-state index contributed by atoms with van der Waals surface area (Å²) in [5.41, 5.74) is 1.06. The molecule has 1 unspecified atom stereocenters. The number of aromatic nitrogens is 2. The third-order valence-electron chi connectivity index (χ3n) is 5.16. The molecule has 0 spiro atoms. The maximum absolute atomic E-state index is 11.7. The van der Waals surface area contributed by atoms with Crippen molar-refractivity contribution in [2.75, 3.05) is 31.1 Å². The maximum Gasteiger partial charge on any atom is 0.141 e. The average molecular weight is 381 g/mol. The predicted octanol–water partition coefficient (Wildman–Crippen LogP) is 3.62. The lowest BCUT2D eigenvalue weighted by Crippen LogP contribution is -2.48. The highest BCUT2D eigenvalue weighted by molar-refractivity contribution is 7.18. The fourth-order valence-electron chi connectivity index (χ4n) is 3.71. The van der Waals surface area contributed by atoms with Gasteiger partial charge in [-0.25, -0.2) is 9.97 Å². The number of rotatable bonds is 5. The Bertz CT molecular complexity index is 932. The number of thiophene rings is 1. The first-order valence-corrected chi connectivity index (χ1v) is 10.3. The molecular weight excluding hydrogens is 356 g/mol. The summed E-state index contributed by atoms with van der Waals surface area (Å²) < 4.78 is 0. The highest BCUT2D eigenvalue weighted by Gasteiger charge is 2.26. The van der Waals surface area contributed by atoms with Crippen molar-refractivity contribution >= 4 is 33.7 Å². The molecule has 0 saturated carbocycles. The van der Waals surface area contributed by atoms with E-state index in [1.54, 1.807) is 11.3 Å². The van der Waals surface area contributed by atoms with Crippen molar-refractivity contribution in [3.8, 4) is 0 Å². The Kier molecular flexibility index (Phi) is 5.18. The van der Waals surface area contributed by atoms with Crippen molar-refractivity contribution in [1.82, 2.24) is 14.9 Å². The van der Waals surface area contributed by atoms with Gasteiger partial charge in [0.2, 0.25) is 0 Å². The summed E-state index contributed by atoms with van der Waals surface area (Å²) in [5.74, 6) is 1.86. The zero-order valence-electron chi connectivity index (χ0n) is 15.8. The van der Waals surface area contributed by atoms with Crippen LogP contribution in [-0.4, -0.2) is 47.3 Å². The summed E-state index contributed by atoms with van der Waals surface area (Å²) in [5, 5.41) is 1.16. The molecule has 27 heavy (non-hydrogen) atoms. The van der Waals surface area contributed by atoms with Gasteiger partial charge in [-0.15, -0.1) is 11.3 Å². The minimum absolute atomic E-state index is 0.173. The molecule has 0 aliphatic carbocycles. The van der Waals surface area contributed by atoms with E-state index in [1.807, 2.05) is 37.3 Å². The molecule has 1 aromatic carbocycles. The Morgan fingerprint density at radius 3 is 2.56 bits per heavy atom. The van der Waals surface area contributed by atoms with E-state index in [0.717, 1.165) is 66.3 Å². The maximum atomic E-state index is 11.7. The number of piperazine rings is 1. The molecule has 3 heterocycles. The molecule has 5 nitrogen and oxygen atoms in total. The van der Waals surface area contributed by atoms with Gasteiger partial charge in [0.05, 0.1) is 11.4 Å². The molecular formula is C21H24N4OS. The summed E-state index contributed by atoms with van der Waals surface area (Å²) in [4.78, 5) is 28.1. The van der Waals surface area contributed by atoms with Crippen LogP contribution in [0.15, 0.2) is 36.4 Å². The van der Waals surface area contributed by atoms with Crippen LogP contribution in [0.3, 0.4) is 0 Å². The van der Waals surface area contributed by atoms with Gasteiger partial charge in [0.15, 0.2) is 0 Å². The second-order valence-electron chi connectivity index (χ2n) is 6.89. The van der Waals surface area contributed by atoms with Crippen LogP contribution in [-0.2, 0) is 11.2 Å². The van der Waals surface area contributed by atoms with E-state index in [4.69, 9.17) is 4.98 Å². The van der Waals surface area contributed by atoms with Crippen LogP contribution < -0.4 is 4.90 Å². The van der Waals surface area contributed by atoms with E-state index in [1.165, 1.54) is 4.88 Å². The van der Waals surface area contributed by atoms with E-state index in [-0.39, 0.29) is 6.04 Å². The van der Waals surface area contributed by atoms with Crippen LogP contribution >= 0.6 is 11.3 Å². The first-order valence-electron chi connectivity index (χ1n) is 9.46. The molecule has 1 fully saturated rings. The van der Waals surface area contributed by atoms with Crippen molar-refractivity contribution < 1.29 is 4.79 Å². The fourth-order valence-corrected chi connectivity index (χ4v) is 4.72. The van der Waals surface area contributed by atoms with Gasteiger partial charge in [0, 0.05) is 31.1 Å². The average Bonchev–Trinajstić information content (AvgIpc) is 3.12. The lowest BCUT2D eigenvalue weighted by Gasteiger charge is -2.38. The van der Waals surface area contributed by atoms with Gasteiger partial charge in [-0.2, -0.15) is 0 Å². The van der Waals surface area contributed by atoms with Crippen LogP contribution in [0.2, 0.25) is 0 Å². The lowest BCUT2D eigenvalue weighted by atomic mass is 10.1. The Morgan fingerprint density at radius 1 is 1.15 bits per heavy atom. The van der Waals surface area contributed by atoms with Gasteiger partial charge in [-0.3, -0.25) is 4.90 Å². The van der Waals surface area contributed by atoms with E-state index in [2.05, 4.69) is 27.8 Å². The van der Waals surface area contributed by atoms with E-state index < -0.39 is 0 Å². The molecule has 0 radical (unpaired) electrons. The van der Waals surface area contributed by atoms with Crippen molar-refractivity contribution in [2.24, 2.45) is 0 Å². The highest BCUT2D eigenvalue weighted by atomic mass is 32.1. The Balaban J connectivity index is 1.55. The summed E-state index contributed by atoms with van der Waals surface area (Å²) in [6.07, 6.45) is 2.08. The van der Waals surface area contributed by atoms with Crippen LogP contribution in [0, 0.1) is 6.92 Å². The quantitative estimate of drug-likeness (QED) is 0.633. The molecule has 1 aliphatic heterocycles. The highest BCUT2D eigenvalue weighted by Crippen LogP contribution is 2.32. The van der Waals surface area contributed by atoms with E-state index in [0.29, 0.717) is 0 Å². The molecule has 1 saturated heterocycles. The molecule has 140 valence electrons. The summed E-state index contributed by atoms with van der Waals surface area (Å²) in [6.45, 7) is 7.54. The topological polar surface area (TPSA) is 49.3 Å². The molecule has 6 heteroatoms. The van der Waals surface area contributed by atoms with Crippen LogP contribution in [0.25, 0.3) is 10.2 Å². The summed E-state index contributed by atoms with van der Waals surface area (Å²) in [7, 11) is 0. The minimum Gasteiger partial charge on any atom is -0.353 e. The number of benzene rings is 1. The van der Waals surface area contributed by atoms with E-state index >= 15 is 0 Å². The lowest BCUT2D eigenvalue weighted by molar-refractivity contribution is -0.112. The van der Waals surface area contributed by atoms with Gasteiger partial charge in [-0.05, 0) is 25.0 Å². The molecule has 0 bridgehead atoms. The zero-order valence-corrected chi connectivity index (χ0v) is 16.6.